The molecule has 0 spiro atoms. The van der Waals surface area contributed by atoms with E-state index in [1.54, 1.807) is 0 Å². The smallest absolute Gasteiger partial charge is 0.252 e. The van der Waals surface area contributed by atoms with Crippen LogP contribution in [-0.4, -0.2) is 19.0 Å². The van der Waals surface area contributed by atoms with Crippen molar-refractivity contribution in [3.05, 3.63) is 21.9 Å². The highest BCUT2D eigenvalue weighted by atomic mass is 32.1. The van der Waals surface area contributed by atoms with Gasteiger partial charge in [0.25, 0.3) is 5.91 Å². The van der Waals surface area contributed by atoms with Gasteiger partial charge >= 0.3 is 0 Å². The Balaban J connectivity index is 2.47. The summed E-state index contributed by atoms with van der Waals surface area (Å²) in [5.74, 6) is 5.73. The van der Waals surface area contributed by atoms with E-state index in [-0.39, 0.29) is 11.3 Å². The summed E-state index contributed by atoms with van der Waals surface area (Å²) in [6.07, 6.45) is 4.84. The molecule has 0 fully saturated rings. The van der Waals surface area contributed by atoms with Crippen LogP contribution in [0.2, 0.25) is 0 Å². The molecular weight excluding hydrogens is 280 g/mol. The largest absolute Gasteiger partial charge is 0.351 e. The summed E-state index contributed by atoms with van der Waals surface area (Å²) >= 11 is 1.48. The zero-order valence-corrected chi connectivity index (χ0v) is 14.1. The van der Waals surface area contributed by atoms with Crippen molar-refractivity contribution in [2.75, 3.05) is 13.1 Å². The van der Waals surface area contributed by atoms with Gasteiger partial charge in [-0.3, -0.25) is 4.79 Å². The molecule has 3 nitrogen and oxygen atoms in total. The molecular formula is C17H26N2OS. The van der Waals surface area contributed by atoms with Crippen LogP contribution in [0.1, 0.15) is 61.7 Å². The number of nitrogens with two attached hydrogens (primary N) is 1. The van der Waals surface area contributed by atoms with Gasteiger partial charge in [0, 0.05) is 11.9 Å². The molecule has 0 saturated heterocycles. The predicted molar refractivity (Wildman–Crippen MR) is 90.5 cm³/mol. The molecule has 3 N–H and O–H groups in total. The summed E-state index contributed by atoms with van der Waals surface area (Å²) < 4.78 is 0. The van der Waals surface area contributed by atoms with Crippen LogP contribution in [-0.2, 0) is 0 Å². The first-order chi connectivity index (χ1) is 9.98. The minimum absolute atomic E-state index is 0.0179. The molecule has 0 aliphatic rings. The van der Waals surface area contributed by atoms with Crippen molar-refractivity contribution in [3.63, 3.8) is 0 Å². The second kappa shape index (κ2) is 8.86. The maximum absolute atomic E-state index is 12.1. The van der Waals surface area contributed by atoms with Gasteiger partial charge in [-0.2, -0.15) is 0 Å². The summed E-state index contributed by atoms with van der Waals surface area (Å²) in [5, 5.41) is 4.88. The minimum atomic E-state index is -0.0179. The summed E-state index contributed by atoms with van der Waals surface area (Å²) in [6.45, 7) is 7.65. The summed E-state index contributed by atoms with van der Waals surface area (Å²) in [5.41, 5.74) is 6.17. The molecule has 0 radical (unpaired) electrons. The number of rotatable bonds is 7. The van der Waals surface area contributed by atoms with Crippen LogP contribution in [0.15, 0.2) is 11.4 Å². The van der Waals surface area contributed by atoms with Crippen LogP contribution in [0.3, 0.4) is 0 Å². The molecule has 1 aromatic heterocycles. The van der Waals surface area contributed by atoms with Crippen molar-refractivity contribution in [3.8, 4) is 11.8 Å². The van der Waals surface area contributed by atoms with Gasteiger partial charge in [-0.15, -0.1) is 11.3 Å². The van der Waals surface area contributed by atoms with E-state index in [9.17, 15) is 4.79 Å². The van der Waals surface area contributed by atoms with Gasteiger partial charge in [0.05, 0.1) is 17.0 Å². The lowest BCUT2D eigenvalue weighted by Crippen LogP contribution is -2.33. The summed E-state index contributed by atoms with van der Waals surface area (Å²) in [6, 6.07) is 1.83. The van der Waals surface area contributed by atoms with E-state index in [1.165, 1.54) is 30.6 Å². The van der Waals surface area contributed by atoms with Crippen molar-refractivity contribution < 1.29 is 4.79 Å². The number of unbranched alkanes of at least 4 members (excludes halogenated alkanes) is 2. The molecule has 0 bridgehead atoms. The first kappa shape index (κ1) is 17.7. The monoisotopic (exact) mass is 306 g/mol. The van der Waals surface area contributed by atoms with Gasteiger partial charge in [0.1, 0.15) is 0 Å². The summed E-state index contributed by atoms with van der Waals surface area (Å²) in [4.78, 5) is 13.0. The fourth-order valence-corrected chi connectivity index (χ4v) is 2.78. The van der Waals surface area contributed by atoms with E-state index < -0.39 is 0 Å². The molecule has 0 aromatic carbocycles. The molecule has 1 aromatic rings. The van der Waals surface area contributed by atoms with Gasteiger partial charge < -0.3 is 11.1 Å². The van der Waals surface area contributed by atoms with Gasteiger partial charge in [-0.05, 0) is 17.9 Å². The van der Waals surface area contributed by atoms with E-state index in [2.05, 4.69) is 37.9 Å². The van der Waals surface area contributed by atoms with Crippen LogP contribution in [0, 0.1) is 17.3 Å². The Labute approximate surface area is 132 Å². The number of carbonyl (C=O) groups excluding carboxylic acids is 1. The Kier molecular flexibility index (Phi) is 7.49. The van der Waals surface area contributed by atoms with Crippen molar-refractivity contribution in [2.45, 2.75) is 46.5 Å². The average Bonchev–Trinajstić information content (AvgIpc) is 2.91. The van der Waals surface area contributed by atoms with E-state index in [0.29, 0.717) is 18.7 Å². The normalized spacial score (nSPS) is 10.9. The first-order valence-electron chi connectivity index (χ1n) is 7.54. The van der Waals surface area contributed by atoms with E-state index in [1.807, 2.05) is 11.4 Å². The SMILES string of the molecule is CCCCCC(C)(C)CNC(=O)c1csc(C#CCN)c1. The topological polar surface area (TPSA) is 55.1 Å². The van der Waals surface area contributed by atoms with E-state index in [0.717, 1.165) is 11.3 Å². The fraction of sp³-hybridized carbons (Fsp3) is 0.588. The van der Waals surface area contributed by atoms with Gasteiger partial charge in [-0.1, -0.05) is 51.9 Å². The number of hydrogen-bond donors (Lipinski definition) is 2. The molecule has 4 heteroatoms. The van der Waals surface area contributed by atoms with Crippen LogP contribution in [0.4, 0.5) is 0 Å². The highest BCUT2D eigenvalue weighted by molar-refractivity contribution is 7.10. The van der Waals surface area contributed by atoms with Crippen LogP contribution < -0.4 is 11.1 Å². The average molecular weight is 306 g/mol. The second-order valence-corrected chi connectivity index (χ2v) is 6.92. The van der Waals surface area contributed by atoms with Crippen LogP contribution in [0.5, 0.6) is 0 Å². The predicted octanol–water partition coefficient (Wildman–Crippen LogP) is 3.39. The zero-order chi connectivity index (χ0) is 15.7. The molecule has 1 amide bonds. The lowest BCUT2D eigenvalue weighted by molar-refractivity contribution is 0.0934. The highest BCUT2D eigenvalue weighted by Crippen LogP contribution is 2.23. The molecule has 0 unspecified atom stereocenters. The molecule has 0 saturated carbocycles. The van der Waals surface area contributed by atoms with Gasteiger partial charge in [-0.25, -0.2) is 0 Å². The van der Waals surface area contributed by atoms with Crippen molar-refractivity contribution >= 4 is 17.2 Å². The van der Waals surface area contributed by atoms with Crippen molar-refractivity contribution in [1.82, 2.24) is 5.32 Å². The maximum Gasteiger partial charge on any atom is 0.252 e. The van der Waals surface area contributed by atoms with Gasteiger partial charge in [0.2, 0.25) is 0 Å². The Bertz CT molecular complexity index is 508. The second-order valence-electron chi connectivity index (χ2n) is 6.01. The molecule has 0 atom stereocenters. The third-order valence-corrected chi connectivity index (χ3v) is 4.21. The van der Waals surface area contributed by atoms with Crippen molar-refractivity contribution in [2.24, 2.45) is 11.1 Å². The molecule has 116 valence electrons. The van der Waals surface area contributed by atoms with E-state index in [4.69, 9.17) is 5.73 Å². The standard InChI is InChI=1S/C17H26N2OS/c1-4-5-6-9-17(2,3)13-19-16(20)14-11-15(21-12-14)8-7-10-18/h11-12H,4-6,9-10,13,18H2,1-3H3,(H,19,20). The summed E-state index contributed by atoms with van der Waals surface area (Å²) in [7, 11) is 0. The molecule has 1 rings (SSSR count). The zero-order valence-electron chi connectivity index (χ0n) is 13.3. The Morgan fingerprint density at radius 2 is 2.19 bits per heavy atom. The molecule has 0 aliphatic carbocycles. The number of nitrogens with one attached hydrogen (secondary N) is 1. The van der Waals surface area contributed by atoms with Crippen LogP contribution >= 0.6 is 11.3 Å². The quantitative estimate of drug-likeness (QED) is 0.599. The molecule has 1 heterocycles. The number of hydrogen-bond acceptors (Lipinski definition) is 3. The Morgan fingerprint density at radius 3 is 2.86 bits per heavy atom. The Hall–Kier alpha value is -1.31. The number of thiophene rings is 1. The third kappa shape index (κ3) is 6.79. The maximum atomic E-state index is 12.1. The number of amides is 1. The lowest BCUT2D eigenvalue weighted by Gasteiger charge is -2.24. The minimum Gasteiger partial charge on any atom is -0.351 e. The van der Waals surface area contributed by atoms with Gasteiger partial charge in [0.15, 0.2) is 0 Å². The number of carbonyl (C=O) groups is 1. The first-order valence-corrected chi connectivity index (χ1v) is 8.42. The third-order valence-electron chi connectivity index (χ3n) is 3.36. The van der Waals surface area contributed by atoms with Crippen molar-refractivity contribution in [1.29, 1.82) is 0 Å². The van der Waals surface area contributed by atoms with Crippen LogP contribution in [0.25, 0.3) is 0 Å². The fourth-order valence-electron chi connectivity index (χ4n) is 2.02. The molecule has 0 aliphatic heterocycles. The molecule has 21 heavy (non-hydrogen) atoms. The lowest BCUT2D eigenvalue weighted by atomic mass is 9.87. The highest BCUT2D eigenvalue weighted by Gasteiger charge is 2.19. The Morgan fingerprint density at radius 1 is 1.43 bits per heavy atom. The van der Waals surface area contributed by atoms with E-state index >= 15 is 0 Å².